The second-order valence-corrected chi connectivity index (χ2v) is 20.4. The van der Waals surface area contributed by atoms with Gasteiger partial charge in [-0.2, -0.15) is 0 Å². The zero-order chi connectivity index (χ0) is 50.1. The molecule has 67 heavy (non-hydrogen) atoms. The van der Waals surface area contributed by atoms with Crippen LogP contribution in [0, 0.1) is 23.7 Å². The van der Waals surface area contributed by atoms with Crippen molar-refractivity contribution in [3.05, 3.63) is 0 Å². The van der Waals surface area contributed by atoms with Gasteiger partial charge in [-0.1, -0.05) is 54.9 Å². The van der Waals surface area contributed by atoms with Crippen molar-refractivity contribution < 1.29 is 68.8 Å². The van der Waals surface area contributed by atoms with E-state index in [0.717, 1.165) is 34.7 Å². The van der Waals surface area contributed by atoms with E-state index in [1.807, 2.05) is 6.92 Å². The lowest BCUT2D eigenvalue weighted by atomic mass is 9.78. The number of amides is 6. The Hall–Kier alpha value is -4.03. The van der Waals surface area contributed by atoms with Crippen LogP contribution in [0.4, 0.5) is 0 Å². The van der Waals surface area contributed by atoms with Crippen molar-refractivity contribution in [1.82, 2.24) is 41.2 Å². The minimum atomic E-state index is -2.74. The molecule has 5 aliphatic rings. The molecule has 0 aromatic rings. The minimum absolute atomic E-state index is 0.0213. The van der Waals surface area contributed by atoms with E-state index in [-0.39, 0.29) is 61.4 Å². The van der Waals surface area contributed by atoms with Crippen LogP contribution in [0.1, 0.15) is 133 Å². The molecule has 380 valence electrons. The maximum Gasteiger partial charge on any atom is 0.332 e. The predicted molar refractivity (Wildman–Crippen MR) is 236 cm³/mol. The summed E-state index contributed by atoms with van der Waals surface area (Å²) in [6.07, 6.45) is 0.791. The third-order valence-corrected chi connectivity index (χ3v) is 14.7. The number of nitrogens with one attached hydrogen (secondary N) is 3. The van der Waals surface area contributed by atoms with Gasteiger partial charge in [0.05, 0.1) is 11.7 Å². The third-order valence-electron chi connectivity index (χ3n) is 14.7. The van der Waals surface area contributed by atoms with Gasteiger partial charge in [0, 0.05) is 26.1 Å². The van der Waals surface area contributed by atoms with E-state index in [1.165, 1.54) is 27.7 Å². The Labute approximate surface area is 392 Å². The third kappa shape index (κ3) is 10.8. The average Bonchev–Trinajstić information content (AvgIpc) is 3.62. The predicted octanol–water partition coefficient (Wildman–Crippen LogP) is 0.325. The Bertz CT molecular complexity index is 1850. The number of cyclic esters (lactones) is 1. The summed E-state index contributed by atoms with van der Waals surface area (Å²) in [5.41, 5.74) is 1.02. The molecule has 6 amide bonds. The van der Waals surface area contributed by atoms with Crippen molar-refractivity contribution in [1.29, 1.82) is 0 Å². The lowest BCUT2D eigenvalue weighted by molar-refractivity contribution is -0.329. The number of carbonyl (C=O) groups excluding carboxylic acids is 7. The van der Waals surface area contributed by atoms with Crippen LogP contribution in [0.5, 0.6) is 0 Å². The highest BCUT2D eigenvalue weighted by Gasteiger charge is 2.59. The van der Waals surface area contributed by atoms with Gasteiger partial charge in [0.25, 0.3) is 29.5 Å². The lowest BCUT2D eigenvalue weighted by Gasteiger charge is -2.48. The number of ether oxygens (including phenoxy) is 2. The Kier molecular flexibility index (Phi) is 17.1. The molecule has 5 fully saturated rings. The summed E-state index contributed by atoms with van der Waals surface area (Å²) in [5, 5.41) is 63.5. The van der Waals surface area contributed by atoms with E-state index in [0.29, 0.717) is 31.6 Å². The van der Waals surface area contributed by atoms with Crippen LogP contribution in [-0.2, 0) is 43.0 Å². The molecule has 0 aliphatic carbocycles. The maximum absolute atomic E-state index is 15.1. The van der Waals surface area contributed by atoms with Crippen LogP contribution in [-0.4, -0.2) is 177 Å². The van der Waals surface area contributed by atoms with E-state index in [9.17, 15) is 54.5 Å². The maximum atomic E-state index is 15.1. The summed E-state index contributed by atoms with van der Waals surface area (Å²) >= 11 is 0. The van der Waals surface area contributed by atoms with Crippen LogP contribution in [0.25, 0.3) is 0 Å². The highest BCUT2D eigenvalue weighted by Crippen LogP contribution is 2.42. The number of carbonyl (C=O) groups is 7. The van der Waals surface area contributed by atoms with Gasteiger partial charge in [0.15, 0.2) is 11.6 Å². The van der Waals surface area contributed by atoms with E-state index in [4.69, 9.17) is 9.47 Å². The van der Waals surface area contributed by atoms with Gasteiger partial charge >= 0.3 is 5.97 Å². The second kappa shape index (κ2) is 21.3. The molecule has 8 N–H and O–H groups in total. The van der Waals surface area contributed by atoms with E-state index < -0.39 is 119 Å². The Morgan fingerprint density at radius 2 is 1.42 bits per heavy atom. The van der Waals surface area contributed by atoms with Gasteiger partial charge in [-0.3, -0.25) is 49.2 Å². The first kappa shape index (κ1) is 53.9. The molecule has 0 aromatic carbocycles. The molecule has 5 saturated heterocycles. The summed E-state index contributed by atoms with van der Waals surface area (Å²) in [5.74, 6) is -11.6. The quantitative estimate of drug-likeness (QED) is 0.114. The van der Waals surface area contributed by atoms with E-state index in [2.05, 4.69) is 30.0 Å². The van der Waals surface area contributed by atoms with Crippen molar-refractivity contribution >= 4 is 41.4 Å². The Morgan fingerprint density at radius 3 is 1.97 bits per heavy atom. The Morgan fingerprint density at radius 1 is 0.836 bits per heavy atom. The molecule has 22 heteroatoms. The van der Waals surface area contributed by atoms with Crippen molar-refractivity contribution in [3.8, 4) is 0 Å². The topological polar surface area (TPSA) is 291 Å². The molecule has 0 bridgehead atoms. The fourth-order valence-electron chi connectivity index (χ4n) is 10.1. The van der Waals surface area contributed by atoms with Gasteiger partial charge in [-0.05, 0) is 95.8 Å². The van der Waals surface area contributed by atoms with Crippen molar-refractivity contribution in [2.75, 3.05) is 19.6 Å². The highest BCUT2D eigenvalue weighted by molar-refractivity contribution is 5.98. The van der Waals surface area contributed by atoms with Crippen LogP contribution in [0.2, 0.25) is 0 Å². The zero-order valence-corrected chi connectivity index (χ0v) is 40.8. The summed E-state index contributed by atoms with van der Waals surface area (Å²) in [6.45, 7) is 15.8. The number of hydrazine groups is 2. The number of hydroxylamine groups is 4. The van der Waals surface area contributed by atoms with Crippen LogP contribution >= 0.6 is 0 Å². The fourth-order valence-corrected chi connectivity index (χ4v) is 10.1. The second-order valence-electron chi connectivity index (χ2n) is 20.4. The Balaban J connectivity index is 1.62. The first-order valence-corrected chi connectivity index (χ1v) is 24.1. The smallest absolute Gasteiger partial charge is 0.332 e. The summed E-state index contributed by atoms with van der Waals surface area (Å²) in [6, 6.07) is -10.0. The molecule has 0 aromatic heterocycles. The van der Waals surface area contributed by atoms with Crippen molar-refractivity contribution in [3.63, 3.8) is 0 Å². The van der Waals surface area contributed by atoms with Gasteiger partial charge in [0.2, 0.25) is 11.7 Å². The highest BCUT2D eigenvalue weighted by atomic mass is 16.6. The molecule has 0 radical (unpaired) electrons. The average molecular weight is 953 g/mol. The minimum Gasteiger partial charge on any atom is -0.458 e. The van der Waals surface area contributed by atoms with Crippen LogP contribution < -0.4 is 16.2 Å². The number of nitrogens with zero attached hydrogens (tertiary/aromatic N) is 5. The molecule has 0 saturated carbocycles. The molecule has 5 rings (SSSR count). The molecule has 5 heterocycles. The number of hydrogen-bond acceptors (Lipinski definition) is 16. The molecular weight excluding hydrogens is 877 g/mol. The van der Waals surface area contributed by atoms with Gasteiger partial charge in [-0.15, -0.1) is 0 Å². The first-order chi connectivity index (χ1) is 31.3. The van der Waals surface area contributed by atoms with Crippen LogP contribution in [0.15, 0.2) is 0 Å². The molecule has 22 nitrogen and oxygen atoms in total. The standard InChI is InChI=1S/C45H76N8O14/c1-11-26(7)23-28-17-18-45(63,67-31(28)12-2)44(10,62)42(60)48-32-34(25(5)6)66-41(59)33(24(3)4)53(65)40(58)35-43(9,61)19-22-49(35)37(55)29-15-13-20-46-50(29)36(54)27(8)52(64)38(56)30-16-14-21-47-51(30)39(32)57/h24-35,46-47,61-65H,11-23H2,1-10H3,(H,48,60)/t26-,27-,28+,29+,30+,31+,32-,33?,34-,35+,43+,44+,45+/m0/s1. The monoisotopic (exact) mass is 953 g/mol. The fraction of sp³-hybridized carbons (Fsp3) is 0.844. The summed E-state index contributed by atoms with van der Waals surface area (Å²) in [7, 11) is 0. The van der Waals surface area contributed by atoms with Crippen LogP contribution in [0.3, 0.4) is 0 Å². The van der Waals surface area contributed by atoms with Crippen molar-refractivity contribution in [2.24, 2.45) is 23.7 Å². The SMILES string of the molecule is CC[C@H](C)C[C@H]1CC[C@](O)([C@](C)(O)C(=O)N[C@@H]2C(=O)N3NCCC[C@@H]3C(=O)N(O)[C@@H](C)C(=O)N3NCCC[C@@H]3C(=O)N3CC[C@@](C)(O)[C@H]3C(=O)N(O)C(C(C)C)C(=O)O[C@H]2C(C)C)O[C@@H]1CC. The lowest BCUT2D eigenvalue weighted by Crippen LogP contribution is -2.70. The summed E-state index contributed by atoms with van der Waals surface area (Å²) in [4.78, 5) is 103. The van der Waals surface area contributed by atoms with Gasteiger partial charge < -0.3 is 35.0 Å². The normalized spacial score (nSPS) is 35.9. The molecule has 5 aliphatic heterocycles. The van der Waals surface area contributed by atoms with Crippen molar-refractivity contribution in [2.45, 2.75) is 199 Å². The molecule has 0 spiro atoms. The molecule has 1 unspecified atom stereocenters. The number of hydrogen-bond donors (Lipinski definition) is 8. The number of rotatable bonds is 9. The number of esters is 1. The number of fused-ring (bicyclic) bond motifs is 3. The largest absolute Gasteiger partial charge is 0.458 e. The summed E-state index contributed by atoms with van der Waals surface area (Å²) < 4.78 is 12.2. The molecular formula is C45H76N8O14. The number of aliphatic hydroxyl groups is 3. The van der Waals surface area contributed by atoms with Gasteiger partial charge in [-0.25, -0.2) is 25.8 Å². The first-order valence-electron chi connectivity index (χ1n) is 24.1. The van der Waals surface area contributed by atoms with Gasteiger partial charge in [0.1, 0.15) is 36.3 Å². The van der Waals surface area contributed by atoms with E-state index in [1.54, 1.807) is 13.8 Å². The molecule has 13 atom stereocenters. The zero-order valence-electron chi connectivity index (χ0n) is 40.8. The van der Waals surface area contributed by atoms with E-state index >= 15 is 4.79 Å².